The molecule has 1 aliphatic heterocycles. The van der Waals surface area contributed by atoms with Gasteiger partial charge in [-0.2, -0.15) is 13.1 Å². The minimum atomic E-state index is -4.14. The van der Waals surface area contributed by atoms with Crippen LogP contribution in [0.2, 0.25) is 0 Å². The molecule has 1 aromatic rings. The van der Waals surface area contributed by atoms with Gasteiger partial charge in [0.15, 0.2) is 0 Å². The van der Waals surface area contributed by atoms with E-state index < -0.39 is 22.3 Å². The molecule has 2 atom stereocenters. The lowest BCUT2D eigenvalue weighted by molar-refractivity contribution is -0.142. The second kappa shape index (κ2) is 13.2. The fourth-order valence-electron chi connectivity index (χ4n) is 6.92. The maximum absolute atomic E-state index is 14.2. The fourth-order valence-corrected chi connectivity index (χ4v) is 7.53. The predicted molar refractivity (Wildman–Crippen MR) is 149 cm³/mol. The number of pyridine rings is 1. The number of nitrogens with two attached hydrogens (primary N) is 2. The number of rotatable bonds is 10. The average Bonchev–Trinajstić information content (AvgIpc) is 3.42. The summed E-state index contributed by atoms with van der Waals surface area (Å²) in [4.78, 5) is 33.1. The van der Waals surface area contributed by atoms with Gasteiger partial charge in [-0.15, -0.1) is 0 Å². The number of hydrogen-bond acceptors (Lipinski definition) is 6. The molecule has 2 aliphatic carbocycles. The van der Waals surface area contributed by atoms with Gasteiger partial charge in [-0.25, -0.2) is 5.14 Å². The van der Waals surface area contributed by atoms with Gasteiger partial charge in [0.05, 0.1) is 0 Å². The van der Waals surface area contributed by atoms with Crippen LogP contribution in [0.15, 0.2) is 18.3 Å². The number of carbonyl (C=O) groups is 2. The molecule has 2 heterocycles. The van der Waals surface area contributed by atoms with E-state index in [1.165, 1.54) is 0 Å². The van der Waals surface area contributed by atoms with Crippen molar-refractivity contribution in [3.8, 4) is 0 Å². The van der Waals surface area contributed by atoms with E-state index in [0.717, 1.165) is 69.8 Å². The van der Waals surface area contributed by atoms with Gasteiger partial charge in [-0.05, 0) is 42.2 Å². The quantitative estimate of drug-likeness (QED) is 0.215. The fraction of sp³-hybridized carbons (Fsp3) is 0.704. The molecule has 1 saturated heterocycles. The first kappa shape index (κ1) is 29.4. The van der Waals surface area contributed by atoms with Crippen LogP contribution in [-0.2, 0) is 26.3 Å². The molecule has 7 N–H and O–H groups in total. The van der Waals surface area contributed by atoms with Crippen LogP contribution in [0.5, 0.6) is 0 Å². The minimum absolute atomic E-state index is 0.131. The second-order valence-electron chi connectivity index (χ2n) is 11.4. The molecule has 216 valence electrons. The molecule has 11 nitrogen and oxygen atoms in total. The highest BCUT2D eigenvalue weighted by molar-refractivity contribution is 7.87. The molecule has 2 saturated carbocycles. The second-order valence-corrected chi connectivity index (χ2v) is 12.7. The van der Waals surface area contributed by atoms with Crippen molar-refractivity contribution in [1.29, 1.82) is 5.41 Å². The molecule has 0 aromatic carbocycles. The maximum atomic E-state index is 14.2. The number of amidine groups is 1. The highest BCUT2D eigenvalue weighted by atomic mass is 32.2. The summed E-state index contributed by atoms with van der Waals surface area (Å²) in [6.45, 7) is 0.616. The van der Waals surface area contributed by atoms with Crippen LogP contribution in [0.1, 0.15) is 88.3 Å². The van der Waals surface area contributed by atoms with Crippen LogP contribution >= 0.6 is 0 Å². The van der Waals surface area contributed by atoms with Gasteiger partial charge in [0.2, 0.25) is 11.8 Å². The van der Waals surface area contributed by atoms with Crippen LogP contribution in [0.4, 0.5) is 0 Å². The van der Waals surface area contributed by atoms with Crippen molar-refractivity contribution >= 4 is 27.9 Å². The van der Waals surface area contributed by atoms with Gasteiger partial charge in [0, 0.05) is 19.3 Å². The number of nitrogen functional groups attached to an aromatic ring is 1. The van der Waals surface area contributed by atoms with Gasteiger partial charge in [0.25, 0.3) is 10.2 Å². The third kappa shape index (κ3) is 7.76. The van der Waals surface area contributed by atoms with E-state index in [1.807, 2.05) is 0 Å². The van der Waals surface area contributed by atoms with Crippen LogP contribution in [0.25, 0.3) is 0 Å². The van der Waals surface area contributed by atoms with Crippen molar-refractivity contribution in [1.82, 2.24) is 19.9 Å². The standard InChI is InChI=1S/C27H43N7O4S/c28-25(29)21-14-13-18(16-31-21)17-32-26(35)22-12-7-15-34(22)27(36)24(33-39(30,37)38)23(19-8-3-1-4-9-19)20-10-5-2-6-11-20/h13-14,16,19-20,22-24,33H,1-12,15,17H2,(H3,28,29)(H,32,35)(H2,30,37,38). The van der Waals surface area contributed by atoms with Crippen molar-refractivity contribution in [2.24, 2.45) is 28.6 Å². The molecular weight excluding hydrogens is 518 g/mol. The Morgan fingerprint density at radius 1 is 1.00 bits per heavy atom. The van der Waals surface area contributed by atoms with Crippen molar-refractivity contribution in [3.63, 3.8) is 0 Å². The summed E-state index contributed by atoms with van der Waals surface area (Å²) < 4.78 is 27.3. The van der Waals surface area contributed by atoms with Gasteiger partial charge in [0.1, 0.15) is 23.6 Å². The number of likely N-dealkylation sites (tertiary alicyclic amines) is 1. The Morgan fingerprint density at radius 2 is 1.62 bits per heavy atom. The molecule has 1 aromatic heterocycles. The van der Waals surface area contributed by atoms with Crippen LogP contribution in [0.3, 0.4) is 0 Å². The topological polar surface area (TPSA) is 184 Å². The van der Waals surface area contributed by atoms with Crippen LogP contribution in [0, 0.1) is 23.2 Å². The number of hydrogen-bond donors (Lipinski definition) is 5. The van der Waals surface area contributed by atoms with E-state index in [1.54, 1.807) is 23.2 Å². The summed E-state index contributed by atoms with van der Waals surface area (Å²) in [6.07, 6.45) is 13.3. The summed E-state index contributed by atoms with van der Waals surface area (Å²) in [6, 6.07) is 1.72. The normalized spacial score (nSPS) is 22.1. The molecule has 12 heteroatoms. The number of aromatic nitrogens is 1. The van der Waals surface area contributed by atoms with Crippen molar-refractivity contribution in [3.05, 3.63) is 29.6 Å². The highest BCUT2D eigenvalue weighted by Gasteiger charge is 2.45. The first-order valence-corrected chi connectivity index (χ1v) is 15.9. The van der Waals surface area contributed by atoms with E-state index in [4.69, 9.17) is 16.3 Å². The summed E-state index contributed by atoms with van der Waals surface area (Å²) in [5.74, 6) is -0.372. The van der Waals surface area contributed by atoms with Gasteiger partial charge in [-0.1, -0.05) is 70.3 Å². The van der Waals surface area contributed by atoms with E-state index in [2.05, 4.69) is 15.0 Å². The van der Waals surface area contributed by atoms with Gasteiger partial charge < -0.3 is 16.0 Å². The zero-order valence-electron chi connectivity index (χ0n) is 22.6. The van der Waals surface area contributed by atoms with Gasteiger partial charge >= 0.3 is 0 Å². The zero-order valence-corrected chi connectivity index (χ0v) is 23.4. The maximum Gasteiger partial charge on any atom is 0.275 e. The SMILES string of the molecule is N=C(N)c1ccc(CNC(=O)C2CCCN2C(=O)C(NS(N)(=O)=O)C(C2CCCCC2)C2CCCCC2)cn1. The highest BCUT2D eigenvalue weighted by Crippen LogP contribution is 2.42. The molecule has 39 heavy (non-hydrogen) atoms. The Labute approximate surface area is 231 Å². The molecule has 2 amide bonds. The predicted octanol–water partition coefficient (Wildman–Crippen LogP) is 1.91. The van der Waals surface area contributed by atoms with Crippen molar-refractivity contribution in [2.45, 2.75) is 95.7 Å². The van der Waals surface area contributed by atoms with Gasteiger partial charge in [-0.3, -0.25) is 20.0 Å². The Kier molecular flexibility index (Phi) is 9.95. The average molecular weight is 562 g/mol. The molecule has 4 rings (SSSR count). The lowest BCUT2D eigenvalue weighted by atomic mass is 9.66. The molecule has 3 fully saturated rings. The molecule has 0 spiro atoms. The minimum Gasteiger partial charge on any atom is -0.382 e. The molecular formula is C27H43N7O4S. The van der Waals surface area contributed by atoms with Crippen LogP contribution < -0.4 is 20.9 Å². The van der Waals surface area contributed by atoms with E-state index in [9.17, 15) is 18.0 Å². The Bertz CT molecular complexity index is 1100. The lowest BCUT2D eigenvalue weighted by Gasteiger charge is -2.43. The van der Waals surface area contributed by atoms with E-state index in [-0.39, 0.29) is 41.9 Å². The monoisotopic (exact) mass is 561 g/mol. The van der Waals surface area contributed by atoms with E-state index in [0.29, 0.717) is 25.1 Å². The third-order valence-electron chi connectivity index (χ3n) is 8.74. The van der Waals surface area contributed by atoms with Crippen molar-refractivity contribution < 1.29 is 18.0 Å². The molecule has 0 radical (unpaired) electrons. The summed E-state index contributed by atoms with van der Waals surface area (Å²) >= 11 is 0. The third-order valence-corrected chi connectivity index (χ3v) is 9.32. The first-order valence-electron chi connectivity index (χ1n) is 14.3. The summed E-state index contributed by atoms with van der Waals surface area (Å²) in [7, 11) is -4.14. The molecule has 2 unspecified atom stereocenters. The lowest BCUT2D eigenvalue weighted by Crippen LogP contribution is -2.59. The summed E-state index contributed by atoms with van der Waals surface area (Å²) in [5, 5.41) is 15.8. The Morgan fingerprint density at radius 3 is 2.13 bits per heavy atom. The Hall–Kier alpha value is -2.57. The zero-order chi connectivity index (χ0) is 28.0. The number of nitrogens with one attached hydrogen (secondary N) is 3. The van der Waals surface area contributed by atoms with E-state index >= 15 is 0 Å². The number of nitrogens with zero attached hydrogens (tertiary/aromatic N) is 2. The van der Waals surface area contributed by atoms with Crippen molar-refractivity contribution in [2.75, 3.05) is 6.54 Å². The molecule has 0 bridgehead atoms. The number of carbonyl (C=O) groups excluding carboxylic acids is 2. The smallest absolute Gasteiger partial charge is 0.275 e. The number of amides is 2. The summed E-state index contributed by atoms with van der Waals surface area (Å²) in [5.41, 5.74) is 6.56. The van der Waals surface area contributed by atoms with Crippen LogP contribution in [-0.4, -0.2) is 54.6 Å². The largest absolute Gasteiger partial charge is 0.382 e. The first-order chi connectivity index (χ1) is 18.6. The Balaban J connectivity index is 1.52. The molecule has 3 aliphatic rings.